The van der Waals surface area contributed by atoms with Crippen molar-refractivity contribution in [2.45, 2.75) is 6.92 Å². The summed E-state index contributed by atoms with van der Waals surface area (Å²) in [4.78, 5) is 36.8. The highest BCUT2D eigenvalue weighted by Gasteiger charge is 2.24. The quantitative estimate of drug-likeness (QED) is 0.645. The molecule has 0 atom stereocenters. The Morgan fingerprint density at radius 3 is 2.65 bits per heavy atom. The van der Waals surface area contributed by atoms with Crippen LogP contribution in [0.2, 0.25) is 0 Å². The topological polar surface area (TPSA) is 102 Å². The van der Waals surface area contributed by atoms with Crippen molar-refractivity contribution in [2.24, 2.45) is 5.73 Å². The number of anilines is 1. The van der Waals surface area contributed by atoms with Crippen LogP contribution in [0.15, 0.2) is 36.4 Å². The van der Waals surface area contributed by atoms with Crippen LogP contribution in [0, 0.1) is 12.7 Å². The van der Waals surface area contributed by atoms with E-state index in [1.165, 1.54) is 29.2 Å². The van der Waals surface area contributed by atoms with E-state index in [4.69, 9.17) is 10.5 Å². The molecular weight excluding hydrogens is 341 g/mol. The third kappa shape index (κ3) is 3.34. The Morgan fingerprint density at radius 1 is 1.23 bits per heavy atom. The van der Waals surface area contributed by atoms with Crippen LogP contribution in [0.5, 0.6) is 5.75 Å². The second-order valence-corrected chi connectivity index (χ2v) is 5.78. The van der Waals surface area contributed by atoms with Gasteiger partial charge in [-0.1, -0.05) is 6.07 Å². The third-order valence-electron chi connectivity index (χ3n) is 4.01. The Bertz CT molecular complexity index is 913. The van der Waals surface area contributed by atoms with E-state index >= 15 is 0 Å². The zero-order chi connectivity index (χ0) is 18.8. The van der Waals surface area contributed by atoms with Gasteiger partial charge in [-0.25, -0.2) is 14.0 Å². The van der Waals surface area contributed by atoms with E-state index in [1.54, 1.807) is 13.0 Å². The first kappa shape index (κ1) is 17.4. The molecule has 1 aliphatic rings. The summed E-state index contributed by atoms with van der Waals surface area (Å²) >= 11 is 0. The minimum atomic E-state index is -0.936. The summed E-state index contributed by atoms with van der Waals surface area (Å²) in [6.45, 7) is 2.56. The largest absolute Gasteiger partial charge is 0.423 e. The summed E-state index contributed by atoms with van der Waals surface area (Å²) in [5.41, 5.74) is 6.04. The Hall–Kier alpha value is -3.42. The van der Waals surface area contributed by atoms with Gasteiger partial charge >= 0.3 is 12.0 Å². The number of nitrogens with zero attached hydrogens (tertiary/aromatic N) is 1. The molecule has 1 saturated heterocycles. The second kappa shape index (κ2) is 6.83. The first-order valence-electron chi connectivity index (χ1n) is 7.84. The Kier molecular flexibility index (Phi) is 4.57. The maximum absolute atomic E-state index is 14.1. The van der Waals surface area contributed by atoms with E-state index in [1.807, 2.05) is 0 Å². The highest BCUT2D eigenvalue weighted by molar-refractivity contribution is 5.98. The van der Waals surface area contributed by atoms with Crippen LogP contribution in [0.3, 0.4) is 0 Å². The lowest BCUT2D eigenvalue weighted by Gasteiger charge is -2.15. The Labute approximate surface area is 148 Å². The van der Waals surface area contributed by atoms with Crippen LogP contribution in [0.4, 0.5) is 14.9 Å². The molecule has 0 spiro atoms. The van der Waals surface area contributed by atoms with Crippen LogP contribution >= 0.6 is 0 Å². The first-order chi connectivity index (χ1) is 12.4. The van der Waals surface area contributed by atoms with Crippen molar-refractivity contribution in [2.75, 3.05) is 18.0 Å². The number of primary amides is 1. The molecule has 0 aromatic heterocycles. The minimum Gasteiger partial charge on any atom is -0.423 e. The fourth-order valence-electron chi connectivity index (χ4n) is 2.57. The van der Waals surface area contributed by atoms with Crippen LogP contribution < -0.4 is 20.7 Å². The van der Waals surface area contributed by atoms with Gasteiger partial charge < -0.3 is 15.8 Å². The molecule has 2 aromatic rings. The van der Waals surface area contributed by atoms with Gasteiger partial charge in [0.05, 0.1) is 5.56 Å². The number of nitrogens with two attached hydrogens (primary N) is 1. The van der Waals surface area contributed by atoms with Crippen molar-refractivity contribution in [1.29, 1.82) is 0 Å². The van der Waals surface area contributed by atoms with Gasteiger partial charge in [0, 0.05) is 24.3 Å². The molecule has 134 valence electrons. The number of amides is 3. The van der Waals surface area contributed by atoms with Crippen LogP contribution in [0.1, 0.15) is 26.3 Å². The number of esters is 1. The Balaban J connectivity index is 1.89. The highest BCUT2D eigenvalue weighted by Crippen LogP contribution is 2.24. The number of aryl methyl sites for hydroxylation is 1. The number of carbonyl (C=O) groups excluding carboxylic acids is 3. The molecule has 2 aromatic carbocycles. The fourth-order valence-corrected chi connectivity index (χ4v) is 2.57. The fraction of sp³-hybridized carbons (Fsp3) is 0.167. The molecule has 3 N–H and O–H groups in total. The van der Waals surface area contributed by atoms with Gasteiger partial charge in [0.15, 0.2) is 0 Å². The van der Waals surface area contributed by atoms with Gasteiger partial charge in [0.2, 0.25) is 5.91 Å². The smallest absolute Gasteiger partial charge is 0.346 e. The maximum Gasteiger partial charge on any atom is 0.346 e. The lowest BCUT2D eigenvalue weighted by molar-refractivity contribution is 0.0727. The zero-order valence-corrected chi connectivity index (χ0v) is 13.9. The van der Waals surface area contributed by atoms with Gasteiger partial charge in [-0.2, -0.15) is 0 Å². The molecule has 0 bridgehead atoms. The van der Waals surface area contributed by atoms with Crippen molar-refractivity contribution in [3.8, 4) is 5.75 Å². The number of urea groups is 1. The van der Waals surface area contributed by atoms with E-state index < -0.39 is 17.7 Å². The average molecular weight is 357 g/mol. The minimum absolute atomic E-state index is 0.106. The van der Waals surface area contributed by atoms with Crippen LogP contribution in [-0.4, -0.2) is 31.0 Å². The predicted octanol–water partition coefficient (Wildman–Crippen LogP) is 1.98. The van der Waals surface area contributed by atoms with Crippen molar-refractivity contribution >= 4 is 23.6 Å². The number of benzene rings is 2. The standard InChI is InChI=1S/C18H16FN3O4/c1-10-2-3-11(16(20)23)8-15(10)26-17(24)13-9-12(4-5-14(13)19)22-7-6-21-18(22)25/h2-5,8-9H,6-7H2,1H3,(H2,20,23)(H,21,25). The molecule has 26 heavy (non-hydrogen) atoms. The normalized spacial score (nSPS) is 13.5. The number of halogens is 1. The molecule has 8 heteroatoms. The van der Waals surface area contributed by atoms with E-state index in [0.29, 0.717) is 24.3 Å². The van der Waals surface area contributed by atoms with Gasteiger partial charge in [0.1, 0.15) is 11.6 Å². The third-order valence-corrected chi connectivity index (χ3v) is 4.01. The van der Waals surface area contributed by atoms with Gasteiger partial charge in [0.25, 0.3) is 0 Å². The summed E-state index contributed by atoms with van der Waals surface area (Å²) in [5, 5.41) is 2.63. The molecule has 1 fully saturated rings. The number of ether oxygens (including phenoxy) is 1. The van der Waals surface area contributed by atoms with Crippen molar-refractivity contribution in [3.63, 3.8) is 0 Å². The number of hydrogen-bond acceptors (Lipinski definition) is 4. The molecule has 0 unspecified atom stereocenters. The van der Waals surface area contributed by atoms with E-state index in [-0.39, 0.29) is 22.9 Å². The number of rotatable bonds is 4. The molecule has 1 aliphatic heterocycles. The van der Waals surface area contributed by atoms with E-state index in [2.05, 4.69) is 5.32 Å². The number of carbonyl (C=O) groups is 3. The van der Waals surface area contributed by atoms with Crippen LogP contribution in [-0.2, 0) is 0 Å². The lowest BCUT2D eigenvalue weighted by Crippen LogP contribution is -2.28. The molecule has 0 radical (unpaired) electrons. The summed E-state index contributed by atoms with van der Waals surface area (Å²) < 4.78 is 19.4. The second-order valence-electron chi connectivity index (χ2n) is 5.78. The number of hydrogen-bond donors (Lipinski definition) is 2. The highest BCUT2D eigenvalue weighted by atomic mass is 19.1. The zero-order valence-electron chi connectivity index (χ0n) is 13.9. The molecule has 1 heterocycles. The van der Waals surface area contributed by atoms with E-state index in [0.717, 1.165) is 6.07 Å². The van der Waals surface area contributed by atoms with Crippen LogP contribution in [0.25, 0.3) is 0 Å². The first-order valence-corrected chi connectivity index (χ1v) is 7.84. The summed E-state index contributed by atoms with van der Waals surface area (Å²) in [7, 11) is 0. The average Bonchev–Trinajstić information content (AvgIpc) is 3.03. The maximum atomic E-state index is 14.1. The lowest BCUT2D eigenvalue weighted by atomic mass is 10.1. The number of nitrogens with one attached hydrogen (secondary N) is 1. The molecule has 0 saturated carbocycles. The molecule has 7 nitrogen and oxygen atoms in total. The van der Waals surface area contributed by atoms with E-state index in [9.17, 15) is 18.8 Å². The SMILES string of the molecule is Cc1ccc(C(N)=O)cc1OC(=O)c1cc(N2CCNC2=O)ccc1F. The van der Waals surface area contributed by atoms with Gasteiger partial charge in [-0.15, -0.1) is 0 Å². The Morgan fingerprint density at radius 2 is 2.00 bits per heavy atom. The predicted molar refractivity (Wildman–Crippen MR) is 91.8 cm³/mol. The van der Waals surface area contributed by atoms with Gasteiger partial charge in [-0.3, -0.25) is 9.69 Å². The molecule has 0 aliphatic carbocycles. The summed E-state index contributed by atoms with van der Waals surface area (Å²) in [5.74, 6) is -2.28. The molecule has 3 rings (SSSR count). The monoisotopic (exact) mass is 357 g/mol. The van der Waals surface area contributed by atoms with Crippen molar-refractivity contribution < 1.29 is 23.5 Å². The summed E-state index contributed by atoms with van der Waals surface area (Å²) in [6, 6.07) is 7.86. The summed E-state index contributed by atoms with van der Waals surface area (Å²) in [6.07, 6.45) is 0. The van der Waals surface area contributed by atoms with Gasteiger partial charge in [-0.05, 0) is 42.8 Å². The van der Waals surface area contributed by atoms with Crippen molar-refractivity contribution in [1.82, 2.24) is 5.32 Å². The van der Waals surface area contributed by atoms with Crippen molar-refractivity contribution in [3.05, 3.63) is 58.9 Å². The molecular formula is C18H16FN3O4. The molecule has 3 amide bonds.